The SMILES string of the molecule is CCCNCc1cc(CN(C)CCC)oc1C. The van der Waals surface area contributed by atoms with Crippen LogP contribution in [-0.2, 0) is 13.1 Å². The normalized spacial score (nSPS) is 11.4. The summed E-state index contributed by atoms with van der Waals surface area (Å²) in [7, 11) is 2.14. The zero-order valence-electron chi connectivity index (χ0n) is 11.7. The maximum atomic E-state index is 5.78. The second-order valence-electron chi connectivity index (χ2n) is 4.71. The molecular weight excluding hydrogens is 212 g/mol. The van der Waals surface area contributed by atoms with E-state index in [1.165, 1.54) is 18.4 Å². The third-order valence-electron chi connectivity index (χ3n) is 2.84. The third kappa shape index (κ3) is 4.92. The van der Waals surface area contributed by atoms with E-state index in [4.69, 9.17) is 4.42 Å². The van der Waals surface area contributed by atoms with Crippen LogP contribution in [-0.4, -0.2) is 25.0 Å². The van der Waals surface area contributed by atoms with Gasteiger partial charge in [-0.1, -0.05) is 13.8 Å². The highest BCUT2D eigenvalue weighted by atomic mass is 16.3. The molecule has 0 aliphatic rings. The number of nitrogens with one attached hydrogen (secondary N) is 1. The Kier molecular flexibility index (Phi) is 6.30. The molecule has 0 aliphatic carbocycles. The summed E-state index contributed by atoms with van der Waals surface area (Å²) in [6.07, 6.45) is 2.35. The van der Waals surface area contributed by atoms with Gasteiger partial charge in [-0.25, -0.2) is 0 Å². The molecule has 1 aromatic heterocycles. The van der Waals surface area contributed by atoms with Crippen LogP contribution < -0.4 is 5.32 Å². The molecule has 0 saturated heterocycles. The molecule has 0 aliphatic heterocycles. The van der Waals surface area contributed by atoms with Gasteiger partial charge in [0.25, 0.3) is 0 Å². The van der Waals surface area contributed by atoms with Gasteiger partial charge in [0.15, 0.2) is 0 Å². The van der Waals surface area contributed by atoms with Crippen molar-refractivity contribution in [2.24, 2.45) is 0 Å². The van der Waals surface area contributed by atoms with Gasteiger partial charge in [-0.15, -0.1) is 0 Å². The smallest absolute Gasteiger partial charge is 0.118 e. The summed E-state index contributed by atoms with van der Waals surface area (Å²) in [5, 5.41) is 3.41. The topological polar surface area (TPSA) is 28.4 Å². The van der Waals surface area contributed by atoms with Gasteiger partial charge in [-0.05, 0) is 46.0 Å². The van der Waals surface area contributed by atoms with Gasteiger partial charge in [-0.3, -0.25) is 4.90 Å². The molecule has 1 aromatic rings. The van der Waals surface area contributed by atoms with Gasteiger partial charge in [0.1, 0.15) is 11.5 Å². The van der Waals surface area contributed by atoms with Crippen molar-refractivity contribution < 1.29 is 4.42 Å². The Morgan fingerprint density at radius 3 is 2.71 bits per heavy atom. The highest BCUT2D eigenvalue weighted by Gasteiger charge is 2.08. The van der Waals surface area contributed by atoms with Gasteiger partial charge < -0.3 is 9.73 Å². The number of rotatable bonds is 8. The first kappa shape index (κ1) is 14.3. The van der Waals surface area contributed by atoms with E-state index in [9.17, 15) is 0 Å². The predicted molar refractivity (Wildman–Crippen MR) is 72.1 cm³/mol. The lowest BCUT2D eigenvalue weighted by atomic mass is 10.2. The summed E-state index contributed by atoms with van der Waals surface area (Å²) >= 11 is 0. The van der Waals surface area contributed by atoms with E-state index in [0.29, 0.717) is 0 Å². The molecule has 0 unspecified atom stereocenters. The Morgan fingerprint density at radius 2 is 2.06 bits per heavy atom. The average molecular weight is 238 g/mol. The molecule has 0 spiro atoms. The first-order chi connectivity index (χ1) is 8.17. The fraction of sp³-hybridized carbons (Fsp3) is 0.714. The molecule has 3 heteroatoms. The Labute approximate surface area is 105 Å². The maximum absolute atomic E-state index is 5.78. The van der Waals surface area contributed by atoms with Crippen LogP contribution in [0.15, 0.2) is 10.5 Å². The molecule has 98 valence electrons. The molecule has 1 heterocycles. The monoisotopic (exact) mass is 238 g/mol. The number of furan rings is 1. The van der Waals surface area contributed by atoms with Crippen LogP contribution in [0.2, 0.25) is 0 Å². The number of nitrogens with zero attached hydrogens (tertiary/aromatic N) is 1. The minimum absolute atomic E-state index is 0.905. The van der Waals surface area contributed by atoms with Crippen LogP contribution in [0.1, 0.15) is 43.8 Å². The van der Waals surface area contributed by atoms with Crippen LogP contribution in [0, 0.1) is 6.92 Å². The van der Waals surface area contributed by atoms with Crippen molar-refractivity contribution in [1.82, 2.24) is 10.2 Å². The van der Waals surface area contributed by atoms with Crippen LogP contribution in [0.3, 0.4) is 0 Å². The molecule has 17 heavy (non-hydrogen) atoms. The Balaban J connectivity index is 2.49. The summed E-state index contributed by atoms with van der Waals surface area (Å²) in [5.74, 6) is 2.13. The molecule has 0 amide bonds. The summed E-state index contributed by atoms with van der Waals surface area (Å²) < 4.78 is 5.78. The van der Waals surface area contributed by atoms with Crippen LogP contribution in [0.25, 0.3) is 0 Å². The molecule has 0 bridgehead atoms. The highest BCUT2D eigenvalue weighted by Crippen LogP contribution is 2.15. The van der Waals surface area contributed by atoms with Crippen molar-refractivity contribution in [3.05, 3.63) is 23.2 Å². The lowest BCUT2D eigenvalue weighted by Gasteiger charge is -2.12. The van der Waals surface area contributed by atoms with E-state index in [0.717, 1.165) is 37.7 Å². The Hall–Kier alpha value is -0.800. The van der Waals surface area contributed by atoms with Crippen molar-refractivity contribution in [2.45, 2.75) is 46.7 Å². The van der Waals surface area contributed by atoms with Crippen LogP contribution >= 0.6 is 0 Å². The van der Waals surface area contributed by atoms with Crippen LogP contribution in [0.5, 0.6) is 0 Å². The minimum atomic E-state index is 0.905. The second-order valence-corrected chi connectivity index (χ2v) is 4.71. The van der Waals surface area contributed by atoms with E-state index in [-0.39, 0.29) is 0 Å². The molecule has 0 fully saturated rings. The second kappa shape index (κ2) is 7.51. The largest absolute Gasteiger partial charge is 0.465 e. The quantitative estimate of drug-likeness (QED) is 0.706. The van der Waals surface area contributed by atoms with Crippen molar-refractivity contribution in [3.63, 3.8) is 0 Å². The van der Waals surface area contributed by atoms with E-state index in [2.05, 4.69) is 37.2 Å². The Morgan fingerprint density at radius 1 is 1.29 bits per heavy atom. The number of hydrogen-bond acceptors (Lipinski definition) is 3. The first-order valence-electron chi connectivity index (χ1n) is 6.64. The minimum Gasteiger partial charge on any atom is -0.465 e. The molecule has 0 saturated carbocycles. The fourth-order valence-electron chi connectivity index (χ4n) is 1.97. The van der Waals surface area contributed by atoms with Crippen LogP contribution in [0.4, 0.5) is 0 Å². The summed E-state index contributed by atoms with van der Waals surface area (Å²) in [6.45, 7) is 10.4. The van der Waals surface area contributed by atoms with E-state index in [1.807, 2.05) is 6.92 Å². The molecular formula is C14H26N2O. The fourth-order valence-corrected chi connectivity index (χ4v) is 1.97. The summed E-state index contributed by atoms with van der Waals surface area (Å²) in [6, 6.07) is 2.18. The van der Waals surface area contributed by atoms with Crippen molar-refractivity contribution in [3.8, 4) is 0 Å². The molecule has 0 atom stereocenters. The van der Waals surface area contributed by atoms with Crippen molar-refractivity contribution in [1.29, 1.82) is 0 Å². The first-order valence-corrected chi connectivity index (χ1v) is 6.64. The Bertz CT molecular complexity index is 320. The number of hydrogen-bond donors (Lipinski definition) is 1. The lowest BCUT2D eigenvalue weighted by molar-refractivity contribution is 0.293. The summed E-state index contributed by atoms with van der Waals surface area (Å²) in [4.78, 5) is 2.29. The molecule has 1 N–H and O–H groups in total. The molecule has 0 radical (unpaired) electrons. The predicted octanol–water partition coefficient (Wildman–Crippen LogP) is 2.93. The standard InChI is InChI=1S/C14H26N2O/c1-5-7-15-10-13-9-14(17-12(13)3)11-16(4)8-6-2/h9,15H,5-8,10-11H2,1-4H3. The summed E-state index contributed by atoms with van der Waals surface area (Å²) in [5.41, 5.74) is 1.29. The highest BCUT2D eigenvalue weighted by molar-refractivity contribution is 5.20. The zero-order valence-corrected chi connectivity index (χ0v) is 11.7. The van der Waals surface area contributed by atoms with E-state index >= 15 is 0 Å². The van der Waals surface area contributed by atoms with Gasteiger partial charge in [-0.2, -0.15) is 0 Å². The third-order valence-corrected chi connectivity index (χ3v) is 2.84. The maximum Gasteiger partial charge on any atom is 0.118 e. The number of aryl methyl sites for hydroxylation is 1. The van der Waals surface area contributed by atoms with Gasteiger partial charge in [0, 0.05) is 12.1 Å². The van der Waals surface area contributed by atoms with Crippen molar-refractivity contribution in [2.75, 3.05) is 20.1 Å². The van der Waals surface area contributed by atoms with Gasteiger partial charge in [0.2, 0.25) is 0 Å². The average Bonchev–Trinajstić information content (AvgIpc) is 2.60. The van der Waals surface area contributed by atoms with Gasteiger partial charge in [0.05, 0.1) is 6.54 Å². The zero-order chi connectivity index (χ0) is 12.7. The molecule has 0 aromatic carbocycles. The van der Waals surface area contributed by atoms with Crippen molar-refractivity contribution >= 4 is 0 Å². The molecule has 3 nitrogen and oxygen atoms in total. The lowest BCUT2D eigenvalue weighted by Crippen LogP contribution is -2.18. The van der Waals surface area contributed by atoms with E-state index < -0.39 is 0 Å². The van der Waals surface area contributed by atoms with E-state index in [1.54, 1.807) is 0 Å². The van der Waals surface area contributed by atoms with Gasteiger partial charge >= 0.3 is 0 Å². The molecule has 1 rings (SSSR count).